The largest absolute Gasteiger partial charge is 0.481 e. The maximum absolute atomic E-state index is 11.8. The molecule has 8 heteroatoms. The number of piperazine rings is 1. The first-order chi connectivity index (χ1) is 9.49. The van der Waals surface area contributed by atoms with Crippen molar-refractivity contribution in [3.8, 4) is 0 Å². The van der Waals surface area contributed by atoms with Crippen LogP contribution in [0.2, 0.25) is 0 Å². The van der Waals surface area contributed by atoms with Crippen LogP contribution in [0.5, 0.6) is 0 Å². The quantitative estimate of drug-likeness (QED) is 0.764. The summed E-state index contributed by atoms with van der Waals surface area (Å²) in [6.45, 7) is 5.54. The number of aromatic nitrogens is 3. The van der Waals surface area contributed by atoms with E-state index in [1.54, 1.807) is 4.68 Å². The first-order valence-electron chi connectivity index (χ1n) is 6.61. The Morgan fingerprint density at radius 2 is 2.35 bits per heavy atom. The normalized spacial score (nSPS) is 20.1. The van der Waals surface area contributed by atoms with E-state index in [2.05, 4.69) is 15.4 Å². The SMILES string of the molecule is CC(C)n1ncnc1CN1CCNC(=O)C1CC(=O)O. The predicted molar refractivity (Wildman–Crippen MR) is 69.9 cm³/mol. The Balaban J connectivity index is 2.14. The summed E-state index contributed by atoms with van der Waals surface area (Å²) < 4.78 is 1.78. The Labute approximate surface area is 116 Å². The van der Waals surface area contributed by atoms with Crippen molar-refractivity contribution in [2.45, 2.75) is 38.9 Å². The molecular weight excluding hydrogens is 262 g/mol. The van der Waals surface area contributed by atoms with Gasteiger partial charge in [0.25, 0.3) is 0 Å². The van der Waals surface area contributed by atoms with Crippen LogP contribution in [0.25, 0.3) is 0 Å². The number of nitrogens with one attached hydrogen (secondary N) is 1. The molecule has 2 rings (SSSR count). The van der Waals surface area contributed by atoms with Crippen molar-refractivity contribution >= 4 is 11.9 Å². The van der Waals surface area contributed by atoms with Gasteiger partial charge in [-0.1, -0.05) is 0 Å². The van der Waals surface area contributed by atoms with Crippen LogP contribution in [0.4, 0.5) is 0 Å². The lowest BCUT2D eigenvalue weighted by atomic mass is 10.1. The van der Waals surface area contributed by atoms with Crippen LogP contribution in [0.15, 0.2) is 6.33 Å². The zero-order valence-electron chi connectivity index (χ0n) is 11.6. The molecule has 1 aromatic heterocycles. The van der Waals surface area contributed by atoms with E-state index >= 15 is 0 Å². The zero-order chi connectivity index (χ0) is 14.7. The third kappa shape index (κ3) is 3.13. The fraction of sp³-hybridized carbons (Fsp3) is 0.667. The molecule has 1 saturated heterocycles. The summed E-state index contributed by atoms with van der Waals surface area (Å²) in [7, 11) is 0. The number of hydrogen-bond donors (Lipinski definition) is 2. The number of carbonyl (C=O) groups is 2. The molecule has 0 aromatic carbocycles. The Morgan fingerprint density at radius 1 is 1.60 bits per heavy atom. The lowest BCUT2D eigenvalue weighted by Crippen LogP contribution is -2.55. The molecule has 1 aliphatic heterocycles. The molecule has 1 amide bonds. The van der Waals surface area contributed by atoms with E-state index in [1.807, 2.05) is 18.7 Å². The first-order valence-corrected chi connectivity index (χ1v) is 6.61. The third-order valence-electron chi connectivity index (χ3n) is 3.29. The van der Waals surface area contributed by atoms with Crippen molar-refractivity contribution < 1.29 is 14.7 Å². The van der Waals surface area contributed by atoms with E-state index in [-0.39, 0.29) is 18.4 Å². The van der Waals surface area contributed by atoms with E-state index in [0.717, 1.165) is 5.82 Å². The van der Waals surface area contributed by atoms with Gasteiger partial charge in [-0.3, -0.25) is 14.5 Å². The second kappa shape index (κ2) is 6.00. The molecular formula is C12H19N5O3. The van der Waals surface area contributed by atoms with Gasteiger partial charge in [-0.2, -0.15) is 5.10 Å². The molecule has 8 nitrogen and oxygen atoms in total. The fourth-order valence-corrected chi connectivity index (χ4v) is 2.34. The van der Waals surface area contributed by atoms with Gasteiger partial charge in [0.15, 0.2) is 0 Å². The average molecular weight is 281 g/mol. The topological polar surface area (TPSA) is 100 Å². The fourth-order valence-electron chi connectivity index (χ4n) is 2.34. The van der Waals surface area contributed by atoms with Crippen molar-refractivity contribution in [3.63, 3.8) is 0 Å². The second-order valence-electron chi connectivity index (χ2n) is 5.09. The minimum absolute atomic E-state index is 0.170. The van der Waals surface area contributed by atoms with Crippen LogP contribution >= 0.6 is 0 Å². The molecule has 20 heavy (non-hydrogen) atoms. The highest BCUT2D eigenvalue weighted by Crippen LogP contribution is 2.14. The maximum atomic E-state index is 11.8. The molecule has 1 unspecified atom stereocenters. The molecule has 1 aliphatic rings. The van der Waals surface area contributed by atoms with E-state index < -0.39 is 12.0 Å². The second-order valence-corrected chi connectivity index (χ2v) is 5.09. The van der Waals surface area contributed by atoms with Gasteiger partial charge >= 0.3 is 5.97 Å². The number of carboxylic acids is 1. The first kappa shape index (κ1) is 14.4. The molecule has 0 spiro atoms. The monoisotopic (exact) mass is 281 g/mol. The lowest BCUT2D eigenvalue weighted by Gasteiger charge is -2.33. The summed E-state index contributed by atoms with van der Waals surface area (Å²) in [6, 6.07) is -0.484. The standard InChI is InChI=1S/C12H19N5O3/c1-8(2)17-10(14-7-15-17)6-16-4-3-13-12(20)9(16)5-11(18)19/h7-9H,3-6H2,1-2H3,(H,13,20)(H,18,19). The number of aliphatic carboxylic acids is 1. The van der Waals surface area contributed by atoms with E-state index in [4.69, 9.17) is 5.11 Å². The summed E-state index contributed by atoms with van der Waals surface area (Å²) in [5.74, 6) is -0.485. The van der Waals surface area contributed by atoms with Crippen LogP contribution < -0.4 is 5.32 Å². The Bertz CT molecular complexity index is 499. The number of rotatable bonds is 5. The molecule has 1 aromatic rings. The highest BCUT2D eigenvalue weighted by molar-refractivity contribution is 5.86. The van der Waals surface area contributed by atoms with Crippen LogP contribution in [-0.4, -0.2) is 55.8 Å². The predicted octanol–water partition coefficient (Wildman–Crippen LogP) is -0.366. The highest BCUT2D eigenvalue weighted by Gasteiger charge is 2.32. The molecule has 110 valence electrons. The molecule has 0 aliphatic carbocycles. The van der Waals surface area contributed by atoms with Crippen LogP contribution in [0, 0.1) is 0 Å². The van der Waals surface area contributed by atoms with Crippen molar-refractivity contribution in [1.29, 1.82) is 0 Å². The molecule has 0 bridgehead atoms. The van der Waals surface area contributed by atoms with Gasteiger partial charge in [0, 0.05) is 19.1 Å². The van der Waals surface area contributed by atoms with Gasteiger partial charge in [-0.15, -0.1) is 0 Å². The average Bonchev–Trinajstić information content (AvgIpc) is 2.81. The summed E-state index contributed by atoms with van der Waals surface area (Å²) >= 11 is 0. The number of nitrogens with zero attached hydrogens (tertiary/aromatic N) is 4. The number of amides is 1. The van der Waals surface area contributed by atoms with Crippen LogP contribution in [0.1, 0.15) is 32.1 Å². The Hall–Kier alpha value is -1.96. The summed E-state index contributed by atoms with van der Waals surface area (Å²) in [6.07, 6.45) is 1.27. The van der Waals surface area contributed by atoms with E-state index in [1.165, 1.54) is 6.33 Å². The lowest BCUT2D eigenvalue weighted by molar-refractivity contribution is -0.143. The van der Waals surface area contributed by atoms with E-state index in [0.29, 0.717) is 19.6 Å². The maximum Gasteiger partial charge on any atom is 0.305 e. The molecule has 2 heterocycles. The van der Waals surface area contributed by atoms with Crippen molar-refractivity contribution in [3.05, 3.63) is 12.2 Å². The van der Waals surface area contributed by atoms with Crippen LogP contribution in [-0.2, 0) is 16.1 Å². The zero-order valence-corrected chi connectivity index (χ0v) is 11.6. The summed E-state index contributed by atoms with van der Waals surface area (Å²) in [5.41, 5.74) is 0. The van der Waals surface area contributed by atoms with Gasteiger partial charge in [-0.25, -0.2) is 9.67 Å². The highest BCUT2D eigenvalue weighted by atomic mass is 16.4. The van der Waals surface area contributed by atoms with Gasteiger partial charge < -0.3 is 10.4 Å². The third-order valence-corrected chi connectivity index (χ3v) is 3.29. The van der Waals surface area contributed by atoms with Gasteiger partial charge in [0.05, 0.1) is 13.0 Å². The Kier molecular flexibility index (Phi) is 4.33. The minimum Gasteiger partial charge on any atom is -0.481 e. The van der Waals surface area contributed by atoms with Crippen molar-refractivity contribution in [2.75, 3.05) is 13.1 Å². The number of hydrogen-bond acceptors (Lipinski definition) is 5. The van der Waals surface area contributed by atoms with Gasteiger partial charge in [-0.05, 0) is 13.8 Å². The molecule has 1 fully saturated rings. The Morgan fingerprint density at radius 3 is 3.00 bits per heavy atom. The van der Waals surface area contributed by atoms with Crippen molar-refractivity contribution in [1.82, 2.24) is 25.0 Å². The van der Waals surface area contributed by atoms with Crippen molar-refractivity contribution in [2.24, 2.45) is 0 Å². The molecule has 1 atom stereocenters. The van der Waals surface area contributed by atoms with Gasteiger partial charge in [0.2, 0.25) is 5.91 Å². The molecule has 0 radical (unpaired) electrons. The summed E-state index contributed by atoms with van der Waals surface area (Å²) in [4.78, 5) is 28.8. The van der Waals surface area contributed by atoms with E-state index in [9.17, 15) is 9.59 Å². The van der Waals surface area contributed by atoms with Crippen LogP contribution in [0.3, 0.4) is 0 Å². The smallest absolute Gasteiger partial charge is 0.305 e. The van der Waals surface area contributed by atoms with Gasteiger partial charge in [0.1, 0.15) is 18.2 Å². The summed E-state index contributed by atoms with van der Waals surface area (Å²) in [5, 5.41) is 15.8. The number of carbonyl (C=O) groups excluding carboxylic acids is 1. The molecule has 0 saturated carbocycles. The molecule has 2 N–H and O–H groups in total. The minimum atomic E-state index is -0.984. The number of carboxylic acid groups (broad SMARTS) is 1.